The summed E-state index contributed by atoms with van der Waals surface area (Å²) in [6, 6.07) is 4.28. The summed E-state index contributed by atoms with van der Waals surface area (Å²) in [5, 5.41) is 18.7. The fraction of sp³-hybridized carbons (Fsp3) is 0.455. The monoisotopic (exact) mass is 210 g/mol. The molecule has 0 aliphatic rings. The van der Waals surface area contributed by atoms with Crippen LogP contribution in [0.5, 0.6) is 11.5 Å². The fourth-order valence-corrected chi connectivity index (χ4v) is 1.51. The Morgan fingerprint density at radius 1 is 1.20 bits per heavy atom. The minimum absolute atomic E-state index is 0.0467. The second kappa shape index (κ2) is 5.58. The number of nitrogens with two attached hydrogens (primary N) is 2. The number of hydrogen-bond donors (Lipinski definition) is 4. The fourth-order valence-electron chi connectivity index (χ4n) is 1.51. The van der Waals surface area contributed by atoms with Crippen molar-refractivity contribution in [2.24, 2.45) is 11.5 Å². The van der Waals surface area contributed by atoms with Crippen molar-refractivity contribution >= 4 is 0 Å². The zero-order valence-electron chi connectivity index (χ0n) is 8.69. The van der Waals surface area contributed by atoms with Gasteiger partial charge in [-0.15, -0.1) is 0 Å². The molecule has 0 aliphatic carbocycles. The van der Waals surface area contributed by atoms with Crippen LogP contribution in [0.4, 0.5) is 0 Å². The molecule has 0 bridgehead atoms. The van der Waals surface area contributed by atoms with Gasteiger partial charge >= 0.3 is 0 Å². The van der Waals surface area contributed by atoms with Crippen molar-refractivity contribution in [1.82, 2.24) is 0 Å². The van der Waals surface area contributed by atoms with Gasteiger partial charge in [0.05, 0.1) is 0 Å². The average molecular weight is 210 g/mol. The topological polar surface area (TPSA) is 92.5 Å². The van der Waals surface area contributed by atoms with Gasteiger partial charge in [-0.2, -0.15) is 0 Å². The second-order valence-corrected chi connectivity index (χ2v) is 3.63. The highest BCUT2D eigenvalue weighted by atomic mass is 16.3. The first-order valence-electron chi connectivity index (χ1n) is 5.12. The lowest BCUT2D eigenvalue weighted by molar-refractivity contribution is 0.438. The predicted molar refractivity (Wildman–Crippen MR) is 59.6 cm³/mol. The molecule has 4 nitrogen and oxygen atoms in total. The molecule has 0 saturated heterocycles. The number of unbranched alkanes of at least 4 members (excludes halogenated alkanes) is 1. The summed E-state index contributed by atoms with van der Waals surface area (Å²) in [4.78, 5) is 0. The van der Waals surface area contributed by atoms with E-state index in [1.54, 1.807) is 6.07 Å². The van der Waals surface area contributed by atoms with Gasteiger partial charge in [0.25, 0.3) is 0 Å². The van der Waals surface area contributed by atoms with Gasteiger partial charge in [-0.05, 0) is 25.5 Å². The zero-order valence-corrected chi connectivity index (χ0v) is 8.69. The van der Waals surface area contributed by atoms with Gasteiger partial charge < -0.3 is 21.7 Å². The SMILES string of the molecule is NCCCC[C@@H](N)c1ccc(O)cc1O. The average Bonchev–Trinajstić information content (AvgIpc) is 2.17. The Bertz CT molecular complexity index is 315. The van der Waals surface area contributed by atoms with Crippen LogP contribution in [0, 0.1) is 0 Å². The van der Waals surface area contributed by atoms with Gasteiger partial charge in [0.15, 0.2) is 0 Å². The number of benzene rings is 1. The lowest BCUT2D eigenvalue weighted by Crippen LogP contribution is -2.11. The third-order valence-corrected chi connectivity index (χ3v) is 2.38. The molecule has 84 valence electrons. The van der Waals surface area contributed by atoms with Crippen LogP contribution in [0.1, 0.15) is 30.9 Å². The Morgan fingerprint density at radius 2 is 1.93 bits per heavy atom. The highest BCUT2D eigenvalue weighted by Crippen LogP contribution is 2.28. The Balaban J connectivity index is 2.61. The van der Waals surface area contributed by atoms with E-state index in [1.807, 2.05) is 0 Å². The summed E-state index contributed by atoms with van der Waals surface area (Å²) in [6.07, 6.45) is 2.67. The molecule has 0 aromatic heterocycles. The highest BCUT2D eigenvalue weighted by molar-refractivity contribution is 5.40. The minimum atomic E-state index is -0.197. The maximum atomic E-state index is 9.55. The molecule has 0 unspecified atom stereocenters. The molecule has 1 rings (SSSR count). The molecule has 0 radical (unpaired) electrons. The van der Waals surface area contributed by atoms with Gasteiger partial charge in [-0.1, -0.05) is 12.5 Å². The number of aromatic hydroxyl groups is 2. The van der Waals surface area contributed by atoms with Gasteiger partial charge in [-0.25, -0.2) is 0 Å². The summed E-state index contributed by atoms with van der Waals surface area (Å²) in [5.41, 5.74) is 12.0. The molecule has 1 atom stereocenters. The lowest BCUT2D eigenvalue weighted by Gasteiger charge is -2.13. The standard InChI is InChI=1S/C11H18N2O2/c12-6-2-1-3-10(13)9-5-4-8(14)7-11(9)15/h4-5,7,10,14-15H,1-3,6,12-13H2/t10-/m1/s1. The van der Waals surface area contributed by atoms with Crippen molar-refractivity contribution in [3.8, 4) is 11.5 Å². The summed E-state index contributed by atoms with van der Waals surface area (Å²) in [6.45, 7) is 0.661. The van der Waals surface area contributed by atoms with E-state index >= 15 is 0 Å². The largest absolute Gasteiger partial charge is 0.508 e. The van der Waals surface area contributed by atoms with E-state index in [0.29, 0.717) is 12.1 Å². The van der Waals surface area contributed by atoms with Crippen molar-refractivity contribution in [3.05, 3.63) is 23.8 Å². The quantitative estimate of drug-likeness (QED) is 0.550. The molecule has 0 saturated carbocycles. The minimum Gasteiger partial charge on any atom is -0.508 e. The van der Waals surface area contributed by atoms with Crippen LogP contribution in [0.3, 0.4) is 0 Å². The van der Waals surface area contributed by atoms with Crippen molar-refractivity contribution < 1.29 is 10.2 Å². The lowest BCUT2D eigenvalue weighted by atomic mass is 10.0. The van der Waals surface area contributed by atoms with Gasteiger partial charge in [0.1, 0.15) is 11.5 Å². The molecular formula is C11H18N2O2. The molecule has 15 heavy (non-hydrogen) atoms. The predicted octanol–water partition coefficient (Wildman–Crippen LogP) is 1.23. The number of phenols is 2. The van der Waals surface area contributed by atoms with E-state index in [2.05, 4.69) is 0 Å². The maximum Gasteiger partial charge on any atom is 0.124 e. The Hall–Kier alpha value is -1.26. The summed E-state index contributed by atoms with van der Waals surface area (Å²) in [5.74, 6) is 0.0978. The van der Waals surface area contributed by atoms with Crippen LogP contribution in [0.2, 0.25) is 0 Å². The summed E-state index contributed by atoms with van der Waals surface area (Å²) < 4.78 is 0. The number of hydrogen-bond acceptors (Lipinski definition) is 4. The van der Waals surface area contributed by atoms with E-state index < -0.39 is 0 Å². The first kappa shape index (κ1) is 11.8. The summed E-state index contributed by atoms with van der Waals surface area (Å²) in [7, 11) is 0. The molecule has 0 aliphatic heterocycles. The summed E-state index contributed by atoms with van der Waals surface area (Å²) >= 11 is 0. The number of rotatable bonds is 5. The Morgan fingerprint density at radius 3 is 2.53 bits per heavy atom. The van der Waals surface area contributed by atoms with E-state index in [-0.39, 0.29) is 17.5 Å². The molecule has 4 heteroatoms. The first-order valence-corrected chi connectivity index (χ1v) is 5.12. The maximum absolute atomic E-state index is 9.55. The van der Waals surface area contributed by atoms with E-state index in [9.17, 15) is 5.11 Å². The molecule has 1 aromatic carbocycles. The van der Waals surface area contributed by atoms with Gasteiger partial charge in [-0.3, -0.25) is 0 Å². The van der Waals surface area contributed by atoms with Crippen LogP contribution in [0.25, 0.3) is 0 Å². The van der Waals surface area contributed by atoms with Crippen LogP contribution < -0.4 is 11.5 Å². The highest BCUT2D eigenvalue weighted by Gasteiger charge is 2.10. The van der Waals surface area contributed by atoms with Crippen LogP contribution in [0.15, 0.2) is 18.2 Å². The Kier molecular flexibility index (Phi) is 4.39. The molecule has 1 aromatic rings. The second-order valence-electron chi connectivity index (χ2n) is 3.63. The van der Waals surface area contributed by atoms with Crippen molar-refractivity contribution in [3.63, 3.8) is 0 Å². The van der Waals surface area contributed by atoms with Crippen molar-refractivity contribution in [1.29, 1.82) is 0 Å². The molecule has 0 heterocycles. The van der Waals surface area contributed by atoms with Gasteiger partial charge in [0.2, 0.25) is 0 Å². The molecular weight excluding hydrogens is 192 g/mol. The number of phenolic OH excluding ortho intramolecular Hbond substituents is 2. The normalized spacial score (nSPS) is 12.7. The van der Waals surface area contributed by atoms with E-state index in [4.69, 9.17) is 16.6 Å². The van der Waals surface area contributed by atoms with Crippen LogP contribution in [-0.2, 0) is 0 Å². The van der Waals surface area contributed by atoms with Crippen molar-refractivity contribution in [2.75, 3.05) is 6.54 Å². The third kappa shape index (κ3) is 3.42. The van der Waals surface area contributed by atoms with Gasteiger partial charge in [0, 0.05) is 17.7 Å². The third-order valence-electron chi connectivity index (χ3n) is 2.38. The Labute approximate surface area is 89.5 Å². The van der Waals surface area contributed by atoms with Crippen LogP contribution >= 0.6 is 0 Å². The van der Waals surface area contributed by atoms with E-state index in [1.165, 1.54) is 12.1 Å². The molecule has 6 N–H and O–H groups in total. The molecule has 0 fully saturated rings. The smallest absolute Gasteiger partial charge is 0.124 e. The zero-order chi connectivity index (χ0) is 11.3. The van der Waals surface area contributed by atoms with E-state index in [0.717, 1.165) is 19.3 Å². The van der Waals surface area contributed by atoms with Crippen LogP contribution in [-0.4, -0.2) is 16.8 Å². The first-order chi connectivity index (χ1) is 7.15. The van der Waals surface area contributed by atoms with Crippen molar-refractivity contribution in [2.45, 2.75) is 25.3 Å². The molecule has 0 amide bonds. The molecule has 0 spiro atoms.